The van der Waals surface area contributed by atoms with E-state index in [0.29, 0.717) is 22.4 Å². The predicted octanol–water partition coefficient (Wildman–Crippen LogP) is 4.19. The molecule has 1 amide bonds. The molecule has 0 fully saturated rings. The second-order valence-electron chi connectivity index (χ2n) is 6.24. The minimum Gasteiger partial charge on any atom is -0.295 e. The van der Waals surface area contributed by atoms with Gasteiger partial charge in [0.05, 0.1) is 5.39 Å². The van der Waals surface area contributed by atoms with Crippen molar-refractivity contribution in [3.8, 4) is 0 Å². The SMILES string of the molecule is CCCCCCn1nc(C(=O)Nc2nnc(SCC)s2)c2ccccc2c1=O. The molecule has 0 aliphatic carbocycles. The fourth-order valence-corrected chi connectivity index (χ4v) is 4.49. The van der Waals surface area contributed by atoms with E-state index in [9.17, 15) is 9.59 Å². The van der Waals surface area contributed by atoms with Gasteiger partial charge in [0.15, 0.2) is 10.0 Å². The van der Waals surface area contributed by atoms with Crippen LogP contribution in [0.25, 0.3) is 10.8 Å². The van der Waals surface area contributed by atoms with Crippen molar-refractivity contribution in [3.63, 3.8) is 0 Å². The van der Waals surface area contributed by atoms with E-state index in [1.54, 1.807) is 36.0 Å². The number of thioether (sulfide) groups is 1. The molecule has 0 saturated carbocycles. The number of carbonyl (C=O) groups is 1. The Hall–Kier alpha value is -2.26. The molecule has 0 radical (unpaired) electrons. The van der Waals surface area contributed by atoms with Crippen molar-refractivity contribution >= 4 is 44.9 Å². The summed E-state index contributed by atoms with van der Waals surface area (Å²) in [5.41, 5.74) is 0.0618. The molecule has 3 rings (SSSR count). The first-order valence-electron chi connectivity index (χ1n) is 9.41. The molecule has 2 aromatic heterocycles. The van der Waals surface area contributed by atoms with E-state index in [4.69, 9.17) is 0 Å². The summed E-state index contributed by atoms with van der Waals surface area (Å²) in [5.74, 6) is 0.500. The van der Waals surface area contributed by atoms with E-state index >= 15 is 0 Å². The summed E-state index contributed by atoms with van der Waals surface area (Å²) < 4.78 is 2.21. The number of unbranched alkanes of at least 4 members (excludes halogenated alkanes) is 3. The Bertz CT molecular complexity index is 1010. The fourth-order valence-electron chi connectivity index (χ4n) is 2.84. The van der Waals surface area contributed by atoms with E-state index in [-0.39, 0.29) is 17.2 Å². The number of hydrogen-bond donors (Lipinski definition) is 1. The van der Waals surface area contributed by atoms with Crippen LogP contribution in [-0.4, -0.2) is 31.6 Å². The Morgan fingerprint density at radius 2 is 1.93 bits per heavy atom. The van der Waals surface area contributed by atoms with Crippen molar-refractivity contribution in [1.82, 2.24) is 20.0 Å². The number of amides is 1. The molecule has 0 aliphatic heterocycles. The van der Waals surface area contributed by atoms with Crippen molar-refractivity contribution in [2.24, 2.45) is 0 Å². The summed E-state index contributed by atoms with van der Waals surface area (Å²) in [6.45, 7) is 4.67. The zero-order chi connectivity index (χ0) is 19.9. The topological polar surface area (TPSA) is 89.8 Å². The Morgan fingerprint density at radius 1 is 1.14 bits per heavy atom. The number of nitrogens with zero attached hydrogens (tertiary/aromatic N) is 4. The molecule has 0 bridgehead atoms. The zero-order valence-electron chi connectivity index (χ0n) is 16.0. The maximum atomic E-state index is 12.9. The van der Waals surface area contributed by atoms with Crippen molar-refractivity contribution in [2.45, 2.75) is 50.4 Å². The first-order valence-corrected chi connectivity index (χ1v) is 11.2. The second-order valence-corrected chi connectivity index (χ2v) is 8.73. The molecular formula is C19H23N5O2S2. The lowest BCUT2D eigenvalue weighted by molar-refractivity contribution is 0.102. The molecule has 28 heavy (non-hydrogen) atoms. The minimum absolute atomic E-state index is 0.166. The highest BCUT2D eigenvalue weighted by molar-refractivity contribution is 8.01. The van der Waals surface area contributed by atoms with E-state index in [2.05, 4.69) is 27.5 Å². The summed E-state index contributed by atoms with van der Waals surface area (Å²) in [5, 5.41) is 16.7. The molecule has 3 aromatic rings. The van der Waals surface area contributed by atoms with Crippen LogP contribution < -0.4 is 10.9 Å². The highest BCUT2D eigenvalue weighted by Crippen LogP contribution is 2.25. The molecule has 0 unspecified atom stereocenters. The van der Waals surface area contributed by atoms with E-state index < -0.39 is 0 Å². The van der Waals surface area contributed by atoms with Gasteiger partial charge in [-0.3, -0.25) is 14.9 Å². The largest absolute Gasteiger partial charge is 0.295 e. The van der Waals surface area contributed by atoms with Gasteiger partial charge in [-0.2, -0.15) is 5.10 Å². The van der Waals surface area contributed by atoms with Gasteiger partial charge in [-0.25, -0.2) is 4.68 Å². The maximum absolute atomic E-state index is 12.9. The molecular weight excluding hydrogens is 394 g/mol. The maximum Gasteiger partial charge on any atom is 0.278 e. The third-order valence-corrected chi connectivity index (χ3v) is 6.06. The monoisotopic (exact) mass is 417 g/mol. The smallest absolute Gasteiger partial charge is 0.278 e. The summed E-state index contributed by atoms with van der Waals surface area (Å²) >= 11 is 2.90. The molecule has 0 spiro atoms. The lowest BCUT2D eigenvalue weighted by atomic mass is 10.1. The normalized spacial score (nSPS) is 11.1. The van der Waals surface area contributed by atoms with Gasteiger partial charge >= 0.3 is 0 Å². The Morgan fingerprint density at radius 3 is 2.68 bits per heavy atom. The molecule has 148 valence electrons. The van der Waals surface area contributed by atoms with Crippen LogP contribution in [-0.2, 0) is 6.54 Å². The van der Waals surface area contributed by atoms with Gasteiger partial charge in [0.1, 0.15) is 0 Å². The van der Waals surface area contributed by atoms with Crippen molar-refractivity contribution < 1.29 is 4.79 Å². The van der Waals surface area contributed by atoms with Crippen LogP contribution in [0.1, 0.15) is 50.0 Å². The number of rotatable bonds is 9. The van der Waals surface area contributed by atoms with Crippen molar-refractivity contribution in [1.29, 1.82) is 0 Å². The van der Waals surface area contributed by atoms with E-state index in [1.807, 2.05) is 6.92 Å². The Labute approximate surface area is 171 Å². The Kier molecular flexibility index (Phi) is 7.16. The summed E-state index contributed by atoms with van der Waals surface area (Å²) in [7, 11) is 0. The predicted molar refractivity (Wildman–Crippen MR) is 114 cm³/mol. The van der Waals surface area contributed by atoms with Crippen molar-refractivity contribution in [3.05, 3.63) is 40.3 Å². The van der Waals surface area contributed by atoms with Gasteiger partial charge < -0.3 is 0 Å². The number of carbonyl (C=O) groups excluding carboxylic acids is 1. The highest BCUT2D eigenvalue weighted by atomic mass is 32.2. The van der Waals surface area contributed by atoms with Crippen LogP contribution in [0.15, 0.2) is 33.4 Å². The quantitative estimate of drug-likeness (QED) is 0.319. The number of hydrogen-bond acceptors (Lipinski definition) is 7. The van der Waals surface area contributed by atoms with Gasteiger partial charge in [0.25, 0.3) is 11.5 Å². The zero-order valence-corrected chi connectivity index (χ0v) is 17.6. The minimum atomic E-state index is -0.386. The molecule has 7 nitrogen and oxygen atoms in total. The van der Waals surface area contributed by atoms with Crippen LogP contribution >= 0.6 is 23.1 Å². The van der Waals surface area contributed by atoms with E-state index in [0.717, 1.165) is 35.8 Å². The fraction of sp³-hybridized carbons (Fsp3) is 0.421. The van der Waals surface area contributed by atoms with Gasteiger partial charge in [-0.1, -0.05) is 74.4 Å². The molecule has 1 aromatic carbocycles. The molecule has 0 saturated heterocycles. The molecule has 2 heterocycles. The number of fused-ring (bicyclic) bond motifs is 1. The Balaban J connectivity index is 1.90. The first kappa shape index (κ1) is 20.5. The van der Waals surface area contributed by atoms with Gasteiger partial charge in [-0.05, 0) is 18.2 Å². The van der Waals surface area contributed by atoms with Crippen LogP contribution in [0.4, 0.5) is 5.13 Å². The standard InChI is InChI=1S/C19H23N5O2S2/c1-3-5-6-9-12-24-17(26)14-11-8-7-10-13(14)15(23-24)16(25)20-18-21-22-19(28-18)27-4-2/h7-8,10-11H,3-6,9,12H2,1-2H3,(H,20,21,25). The summed E-state index contributed by atoms with van der Waals surface area (Å²) in [6, 6.07) is 7.08. The van der Waals surface area contributed by atoms with Crippen molar-refractivity contribution in [2.75, 3.05) is 11.1 Å². The number of nitrogens with one attached hydrogen (secondary N) is 1. The average molecular weight is 418 g/mol. The average Bonchev–Trinajstić information content (AvgIpc) is 3.14. The third kappa shape index (κ3) is 4.77. The lowest BCUT2D eigenvalue weighted by Gasteiger charge is -2.10. The number of aromatic nitrogens is 4. The molecule has 0 aliphatic rings. The summed E-state index contributed by atoms with van der Waals surface area (Å²) in [4.78, 5) is 25.6. The number of aryl methyl sites for hydroxylation is 1. The molecule has 0 atom stereocenters. The van der Waals surface area contributed by atoms with Crippen LogP contribution in [0.3, 0.4) is 0 Å². The van der Waals surface area contributed by atoms with Crippen LogP contribution in [0.5, 0.6) is 0 Å². The first-order chi connectivity index (χ1) is 13.6. The summed E-state index contributed by atoms with van der Waals surface area (Å²) in [6.07, 6.45) is 4.12. The number of benzene rings is 1. The number of anilines is 1. The third-order valence-electron chi connectivity index (χ3n) is 4.20. The van der Waals surface area contributed by atoms with Crippen LogP contribution in [0.2, 0.25) is 0 Å². The molecule has 1 N–H and O–H groups in total. The van der Waals surface area contributed by atoms with E-state index in [1.165, 1.54) is 16.0 Å². The highest BCUT2D eigenvalue weighted by Gasteiger charge is 2.18. The van der Waals surface area contributed by atoms with Gasteiger partial charge in [0.2, 0.25) is 5.13 Å². The van der Waals surface area contributed by atoms with Crippen LogP contribution in [0, 0.1) is 0 Å². The van der Waals surface area contributed by atoms with Gasteiger partial charge in [0, 0.05) is 11.9 Å². The second kappa shape index (κ2) is 9.79. The lowest BCUT2D eigenvalue weighted by Crippen LogP contribution is -2.27. The van der Waals surface area contributed by atoms with Gasteiger partial charge in [-0.15, -0.1) is 10.2 Å². The molecule has 9 heteroatoms.